The van der Waals surface area contributed by atoms with E-state index in [0.717, 1.165) is 0 Å². The summed E-state index contributed by atoms with van der Waals surface area (Å²) in [6.07, 6.45) is 4.32. The van der Waals surface area contributed by atoms with E-state index < -0.39 is 15.9 Å². The largest absolute Gasteiger partial charge is 0.510 e. The molecule has 0 bridgehead atoms. The number of azo groups is 1. The number of nitrogens with one attached hydrogen (secondary N) is 2. The fraction of sp³-hybridized carbons (Fsp3) is 0.0526. The van der Waals surface area contributed by atoms with Crippen molar-refractivity contribution < 1.29 is 18.3 Å². The molecule has 158 valence electrons. The average Bonchev–Trinajstić information content (AvgIpc) is 2.75. The Morgan fingerprint density at radius 3 is 2.26 bits per heavy atom. The van der Waals surface area contributed by atoms with Crippen LogP contribution in [0.1, 0.15) is 6.92 Å². The van der Waals surface area contributed by atoms with Crippen LogP contribution < -0.4 is 10.0 Å². The molecule has 0 saturated carbocycles. The summed E-state index contributed by atoms with van der Waals surface area (Å²) in [5.74, 6) is -0.818. The van der Waals surface area contributed by atoms with Gasteiger partial charge >= 0.3 is 0 Å². The van der Waals surface area contributed by atoms with Crippen molar-refractivity contribution in [3.8, 4) is 0 Å². The molecule has 0 fully saturated rings. The van der Waals surface area contributed by atoms with Gasteiger partial charge in [-0.05, 0) is 49.4 Å². The van der Waals surface area contributed by atoms with Gasteiger partial charge in [-0.2, -0.15) is 5.11 Å². The highest BCUT2D eigenvalue weighted by molar-refractivity contribution is 7.92. The Bertz CT molecular complexity index is 1210. The molecular formula is C19H17N7O4S. The molecule has 3 N–H and O–H groups in total. The van der Waals surface area contributed by atoms with Gasteiger partial charge in [-0.15, -0.1) is 5.11 Å². The van der Waals surface area contributed by atoms with E-state index >= 15 is 0 Å². The maximum absolute atomic E-state index is 12.4. The second kappa shape index (κ2) is 9.54. The van der Waals surface area contributed by atoms with Gasteiger partial charge in [0.05, 0.1) is 10.6 Å². The molecule has 0 spiro atoms. The molecule has 12 heteroatoms. The molecule has 0 radical (unpaired) electrons. The Labute approximate surface area is 177 Å². The first-order valence-electron chi connectivity index (χ1n) is 8.79. The zero-order chi connectivity index (χ0) is 22.3. The molecule has 0 unspecified atom stereocenters. The number of allylic oxidation sites excluding steroid dienone is 1. The summed E-state index contributed by atoms with van der Waals surface area (Å²) >= 11 is 0. The van der Waals surface area contributed by atoms with Gasteiger partial charge in [0.15, 0.2) is 5.70 Å². The summed E-state index contributed by atoms with van der Waals surface area (Å²) in [7, 11) is -3.89. The number of aliphatic hydroxyl groups is 1. The van der Waals surface area contributed by atoms with Crippen molar-refractivity contribution in [3.63, 3.8) is 0 Å². The predicted molar refractivity (Wildman–Crippen MR) is 112 cm³/mol. The molecule has 0 saturated heterocycles. The standard InChI is InChI=1S/C19H17N7O4S/c1-13(27)17(18(28)23-16-5-2-3-10-20-16)25-24-14-6-8-15(9-7-14)31(29,30)26-19-21-11-4-12-22-19/h2-12,27H,1H3,(H,20,23,28)(H,21,22,26)/b17-13-,25-24?. The summed E-state index contributed by atoms with van der Waals surface area (Å²) in [4.78, 5) is 23.9. The third-order valence-electron chi connectivity index (χ3n) is 3.67. The molecule has 0 aliphatic rings. The predicted octanol–water partition coefficient (Wildman–Crippen LogP) is 3.18. The molecule has 3 rings (SSSR count). The molecule has 2 aromatic heterocycles. The van der Waals surface area contributed by atoms with Gasteiger partial charge in [0.2, 0.25) is 5.95 Å². The lowest BCUT2D eigenvalue weighted by molar-refractivity contribution is -0.113. The molecule has 31 heavy (non-hydrogen) atoms. The number of rotatable bonds is 7. The third kappa shape index (κ3) is 5.90. The number of carbonyl (C=O) groups excluding carboxylic acids is 1. The fourth-order valence-corrected chi connectivity index (χ4v) is 3.18. The minimum Gasteiger partial charge on any atom is -0.510 e. The molecule has 11 nitrogen and oxygen atoms in total. The van der Waals surface area contributed by atoms with Gasteiger partial charge in [-0.1, -0.05) is 6.07 Å². The Kier molecular flexibility index (Phi) is 6.62. The molecular weight excluding hydrogens is 422 g/mol. The van der Waals surface area contributed by atoms with E-state index in [9.17, 15) is 18.3 Å². The van der Waals surface area contributed by atoms with Crippen molar-refractivity contribution >= 4 is 33.4 Å². The number of aromatic nitrogens is 3. The van der Waals surface area contributed by atoms with Crippen molar-refractivity contribution in [2.45, 2.75) is 11.8 Å². The Morgan fingerprint density at radius 2 is 1.65 bits per heavy atom. The van der Waals surface area contributed by atoms with Crippen LogP contribution in [-0.4, -0.2) is 34.4 Å². The summed E-state index contributed by atoms with van der Waals surface area (Å²) < 4.78 is 27.0. The maximum atomic E-state index is 12.4. The lowest BCUT2D eigenvalue weighted by Crippen LogP contribution is -2.15. The minimum atomic E-state index is -3.89. The molecule has 0 aliphatic heterocycles. The lowest BCUT2D eigenvalue weighted by Gasteiger charge is -2.06. The number of aliphatic hydroxyl groups excluding tert-OH is 1. The topological polar surface area (TPSA) is 159 Å². The number of nitrogens with zero attached hydrogens (tertiary/aromatic N) is 5. The Hall–Kier alpha value is -4.19. The number of amides is 1. The monoisotopic (exact) mass is 439 g/mol. The molecule has 2 heterocycles. The number of sulfonamides is 1. The summed E-state index contributed by atoms with van der Waals surface area (Å²) in [5.41, 5.74) is -0.0514. The first-order valence-corrected chi connectivity index (χ1v) is 10.3. The van der Waals surface area contributed by atoms with Gasteiger partial charge in [0.25, 0.3) is 15.9 Å². The van der Waals surface area contributed by atoms with E-state index in [1.165, 1.54) is 49.8 Å². The third-order valence-corrected chi connectivity index (χ3v) is 5.01. The second-order valence-electron chi connectivity index (χ2n) is 5.97. The zero-order valence-electron chi connectivity index (χ0n) is 16.2. The normalized spacial score (nSPS) is 12.3. The maximum Gasteiger partial charge on any atom is 0.280 e. The van der Waals surface area contributed by atoms with E-state index in [1.807, 2.05) is 0 Å². The molecule has 1 amide bonds. The molecule has 1 aromatic carbocycles. The van der Waals surface area contributed by atoms with Crippen molar-refractivity contribution in [1.82, 2.24) is 15.0 Å². The number of carbonyl (C=O) groups is 1. The van der Waals surface area contributed by atoms with E-state index in [2.05, 4.69) is 35.2 Å². The van der Waals surface area contributed by atoms with Crippen LogP contribution in [0.5, 0.6) is 0 Å². The molecule has 0 aliphatic carbocycles. The summed E-state index contributed by atoms with van der Waals surface area (Å²) in [6, 6.07) is 11.9. The molecule has 0 atom stereocenters. The second-order valence-corrected chi connectivity index (χ2v) is 7.66. The van der Waals surface area contributed by atoms with Crippen LogP contribution in [0.15, 0.2) is 93.7 Å². The van der Waals surface area contributed by atoms with E-state index in [0.29, 0.717) is 0 Å². The van der Waals surface area contributed by atoms with Gasteiger partial charge in [-0.25, -0.2) is 28.1 Å². The zero-order valence-corrected chi connectivity index (χ0v) is 17.0. The average molecular weight is 439 g/mol. The van der Waals surface area contributed by atoms with Crippen molar-refractivity contribution in [2.75, 3.05) is 10.0 Å². The van der Waals surface area contributed by atoms with E-state index in [-0.39, 0.29) is 33.8 Å². The first kappa shape index (κ1) is 21.5. The van der Waals surface area contributed by atoms with Crippen LogP contribution >= 0.6 is 0 Å². The van der Waals surface area contributed by atoms with Gasteiger partial charge in [0.1, 0.15) is 11.6 Å². The highest BCUT2D eigenvalue weighted by atomic mass is 32.2. The summed E-state index contributed by atoms with van der Waals surface area (Å²) in [6.45, 7) is 1.29. The highest BCUT2D eigenvalue weighted by Gasteiger charge is 2.16. The highest BCUT2D eigenvalue weighted by Crippen LogP contribution is 2.20. The van der Waals surface area contributed by atoms with Crippen molar-refractivity contribution in [1.29, 1.82) is 0 Å². The van der Waals surface area contributed by atoms with Crippen LogP contribution in [0.3, 0.4) is 0 Å². The van der Waals surface area contributed by atoms with Crippen molar-refractivity contribution in [3.05, 3.63) is 78.6 Å². The van der Waals surface area contributed by atoms with Crippen LogP contribution in [-0.2, 0) is 14.8 Å². The number of benzene rings is 1. The van der Waals surface area contributed by atoms with E-state index in [4.69, 9.17) is 0 Å². The number of pyridine rings is 1. The van der Waals surface area contributed by atoms with Crippen molar-refractivity contribution in [2.24, 2.45) is 10.2 Å². The number of hydrogen-bond acceptors (Lipinski definition) is 9. The smallest absolute Gasteiger partial charge is 0.280 e. The van der Waals surface area contributed by atoms with Crippen LogP contribution in [0, 0.1) is 0 Å². The van der Waals surface area contributed by atoms with Crippen LogP contribution in [0.4, 0.5) is 17.5 Å². The van der Waals surface area contributed by atoms with Crippen LogP contribution in [0.2, 0.25) is 0 Å². The van der Waals surface area contributed by atoms with Gasteiger partial charge in [0, 0.05) is 18.6 Å². The van der Waals surface area contributed by atoms with E-state index in [1.54, 1.807) is 24.3 Å². The SMILES string of the molecule is C/C(O)=C(/N=Nc1ccc(S(=O)(=O)Nc2ncccn2)cc1)C(=O)Nc1ccccn1. The number of hydrogen-bond donors (Lipinski definition) is 3. The van der Waals surface area contributed by atoms with Gasteiger partial charge in [-0.3, -0.25) is 4.79 Å². The quantitative estimate of drug-likeness (QED) is 0.289. The Morgan fingerprint density at radius 1 is 0.968 bits per heavy atom. The summed E-state index contributed by atoms with van der Waals surface area (Å²) in [5, 5.41) is 19.9. The lowest BCUT2D eigenvalue weighted by atomic mass is 10.3. The van der Waals surface area contributed by atoms with Gasteiger partial charge < -0.3 is 10.4 Å². The van der Waals surface area contributed by atoms with Crippen LogP contribution in [0.25, 0.3) is 0 Å². The minimum absolute atomic E-state index is 0.0408. The molecule has 3 aromatic rings. The first-order chi connectivity index (χ1) is 14.8. The number of anilines is 2. The Balaban J connectivity index is 1.73. The fourth-order valence-electron chi connectivity index (χ4n) is 2.22.